The van der Waals surface area contributed by atoms with E-state index in [9.17, 15) is 4.79 Å². The van der Waals surface area contributed by atoms with Crippen LogP contribution in [0.5, 0.6) is 11.5 Å². The molecule has 1 amide bonds. The molecular weight excluding hydrogens is 330 g/mol. The van der Waals surface area contributed by atoms with Gasteiger partial charge in [0.25, 0.3) is 5.91 Å². The lowest BCUT2D eigenvalue weighted by Crippen LogP contribution is -2.41. The van der Waals surface area contributed by atoms with Gasteiger partial charge in [0.05, 0.1) is 24.4 Å². The Morgan fingerprint density at radius 2 is 2.23 bits per heavy atom. The minimum absolute atomic E-state index is 0.102. The number of fused-ring (bicyclic) bond motifs is 1. The number of carbonyl (C=O) groups excluding carboxylic acids is 1. The predicted molar refractivity (Wildman–Crippen MR) is 99.8 cm³/mol. The summed E-state index contributed by atoms with van der Waals surface area (Å²) in [7, 11) is 1.63. The molecule has 26 heavy (non-hydrogen) atoms. The summed E-state index contributed by atoms with van der Waals surface area (Å²) >= 11 is 0. The summed E-state index contributed by atoms with van der Waals surface area (Å²) in [5.74, 6) is 1.39. The van der Waals surface area contributed by atoms with E-state index in [-0.39, 0.29) is 17.6 Å². The van der Waals surface area contributed by atoms with E-state index in [1.165, 1.54) is 0 Å². The number of methoxy groups -OCH3 is 1. The normalized spacial score (nSPS) is 18.0. The molecule has 1 atom stereocenters. The molecule has 0 bridgehead atoms. The van der Waals surface area contributed by atoms with Crippen LogP contribution in [0.25, 0.3) is 0 Å². The third-order valence-electron chi connectivity index (χ3n) is 4.63. The quantitative estimate of drug-likeness (QED) is 0.887. The van der Waals surface area contributed by atoms with Crippen molar-refractivity contribution in [2.75, 3.05) is 7.11 Å². The summed E-state index contributed by atoms with van der Waals surface area (Å²) in [4.78, 5) is 12.9. The summed E-state index contributed by atoms with van der Waals surface area (Å²) in [5.41, 5.74) is 1.96. The molecule has 3 rings (SSSR count). The molecule has 140 valence electrons. The van der Waals surface area contributed by atoms with Crippen molar-refractivity contribution in [2.24, 2.45) is 0 Å². The fourth-order valence-corrected chi connectivity index (χ4v) is 3.41. The molecule has 0 spiro atoms. The van der Waals surface area contributed by atoms with Crippen LogP contribution in [0, 0.1) is 6.92 Å². The first-order chi connectivity index (χ1) is 12.3. The van der Waals surface area contributed by atoms with Crippen molar-refractivity contribution in [3.63, 3.8) is 0 Å². The molecule has 2 heterocycles. The van der Waals surface area contributed by atoms with Crippen LogP contribution in [0.15, 0.2) is 24.4 Å². The van der Waals surface area contributed by atoms with Crippen LogP contribution >= 0.6 is 0 Å². The van der Waals surface area contributed by atoms with Crippen molar-refractivity contribution in [1.29, 1.82) is 0 Å². The monoisotopic (exact) mass is 357 g/mol. The van der Waals surface area contributed by atoms with Gasteiger partial charge in [-0.05, 0) is 39.3 Å². The Balaban J connectivity index is 1.86. The Morgan fingerprint density at radius 1 is 1.46 bits per heavy atom. The van der Waals surface area contributed by atoms with Gasteiger partial charge in [-0.15, -0.1) is 0 Å². The Bertz CT molecular complexity index is 811. The highest BCUT2D eigenvalue weighted by molar-refractivity contribution is 5.95. The van der Waals surface area contributed by atoms with E-state index >= 15 is 0 Å². The van der Waals surface area contributed by atoms with Crippen molar-refractivity contribution >= 4 is 5.91 Å². The van der Waals surface area contributed by atoms with Gasteiger partial charge < -0.3 is 14.8 Å². The minimum Gasteiger partial charge on any atom is -0.497 e. The molecule has 6 nitrogen and oxygen atoms in total. The number of benzene rings is 1. The maximum atomic E-state index is 12.9. The van der Waals surface area contributed by atoms with Crippen LogP contribution in [-0.2, 0) is 6.54 Å². The molecule has 1 aromatic carbocycles. The number of rotatable bonds is 5. The molecule has 1 aliphatic rings. The average Bonchev–Trinajstić information content (AvgIpc) is 2.94. The zero-order chi connectivity index (χ0) is 18.9. The molecule has 0 radical (unpaired) electrons. The maximum Gasteiger partial charge on any atom is 0.255 e. The third kappa shape index (κ3) is 3.69. The maximum absolute atomic E-state index is 12.9. The van der Waals surface area contributed by atoms with E-state index in [0.717, 1.165) is 35.7 Å². The largest absolute Gasteiger partial charge is 0.497 e. The second kappa shape index (κ2) is 7.02. The number of aryl methyl sites for hydroxylation is 2. The molecule has 0 saturated heterocycles. The fourth-order valence-electron chi connectivity index (χ4n) is 3.41. The Kier molecular flexibility index (Phi) is 4.94. The Labute approximate surface area is 154 Å². The van der Waals surface area contributed by atoms with Crippen LogP contribution in [0.3, 0.4) is 0 Å². The summed E-state index contributed by atoms with van der Waals surface area (Å²) in [6.45, 7) is 8.82. The summed E-state index contributed by atoms with van der Waals surface area (Å²) in [6, 6.07) is 5.60. The van der Waals surface area contributed by atoms with Crippen molar-refractivity contribution in [3.05, 3.63) is 41.2 Å². The summed E-state index contributed by atoms with van der Waals surface area (Å²) in [5, 5.41) is 7.59. The van der Waals surface area contributed by atoms with E-state index < -0.39 is 0 Å². The molecule has 1 aromatic heterocycles. The van der Waals surface area contributed by atoms with Gasteiger partial charge in [-0.25, -0.2) is 0 Å². The number of amides is 1. The molecule has 0 aliphatic carbocycles. The van der Waals surface area contributed by atoms with E-state index in [4.69, 9.17) is 9.47 Å². The first-order valence-electron chi connectivity index (χ1n) is 9.05. The minimum atomic E-state index is -0.376. The first-order valence-corrected chi connectivity index (χ1v) is 9.05. The lowest BCUT2D eigenvalue weighted by Gasteiger charge is -2.38. The molecule has 6 heteroatoms. The number of hydrogen-bond donors (Lipinski definition) is 1. The van der Waals surface area contributed by atoms with Gasteiger partial charge in [0.15, 0.2) is 0 Å². The highest BCUT2D eigenvalue weighted by Crippen LogP contribution is 2.41. The molecular formula is C20H27N3O3. The molecule has 1 aliphatic heterocycles. The van der Waals surface area contributed by atoms with Crippen LogP contribution in [0.2, 0.25) is 0 Å². The van der Waals surface area contributed by atoms with Crippen LogP contribution < -0.4 is 14.8 Å². The number of nitrogens with one attached hydrogen (secondary N) is 1. The third-order valence-corrected chi connectivity index (χ3v) is 4.63. The van der Waals surface area contributed by atoms with Gasteiger partial charge in [-0.3, -0.25) is 9.48 Å². The SMILES string of the molecule is CCCn1cc(C(=O)N[C@@H]2CC(C)(C)Oc3cc(OC)ccc32)c(C)n1. The smallest absolute Gasteiger partial charge is 0.255 e. The van der Waals surface area contributed by atoms with E-state index in [1.807, 2.05) is 49.8 Å². The lowest BCUT2D eigenvalue weighted by atomic mass is 9.89. The first kappa shape index (κ1) is 18.3. The highest BCUT2D eigenvalue weighted by atomic mass is 16.5. The number of nitrogens with zero attached hydrogens (tertiary/aromatic N) is 2. The van der Waals surface area contributed by atoms with Crippen molar-refractivity contribution in [1.82, 2.24) is 15.1 Å². The zero-order valence-corrected chi connectivity index (χ0v) is 16.1. The fraction of sp³-hybridized carbons (Fsp3) is 0.500. The van der Waals surface area contributed by atoms with Gasteiger partial charge >= 0.3 is 0 Å². The van der Waals surface area contributed by atoms with Crippen LogP contribution in [-0.4, -0.2) is 28.4 Å². The van der Waals surface area contributed by atoms with E-state index in [1.54, 1.807) is 7.11 Å². The standard InChI is InChI=1S/C20H27N3O3/c1-6-9-23-12-16(13(2)22-23)19(24)21-17-11-20(3,4)26-18-10-14(25-5)7-8-15(17)18/h7-8,10,12,17H,6,9,11H2,1-5H3,(H,21,24)/t17-/m1/s1. The second-order valence-corrected chi connectivity index (χ2v) is 7.39. The number of ether oxygens (including phenoxy) is 2. The van der Waals surface area contributed by atoms with Gasteiger partial charge in [-0.1, -0.05) is 6.92 Å². The van der Waals surface area contributed by atoms with Crippen LogP contribution in [0.4, 0.5) is 0 Å². The molecule has 0 fully saturated rings. The Morgan fingerprint density at radius 3 is 2.92 bits per heavy atom. The van der Waals surface area contributed by atoms with Gasteiger partial charge in [0.2, 0.25) is 0 Å². The number of carbonyl (C=O) groups is 1. The van der Waals surface area contributed by atoms with E-state index in [2.05, 4.69) is 17.3 Å². The second-order valence-electron chi connectivity index (χ2n) is 7.39. The lowest BCUT2D eigenvalue weighted by molar-refractivity contribution is 0.0617. The number of hydrogen-bond acceptors (Lipinski definition) is 4. The van der Waals surface area contributed by atoms with Crippen molar-refractivity contribution in [3.8, 4) is 11.5 Å². The van der Waals surface area contributed by atoms with Gasteiger partial charge in [0.1, 0.15) is 17.1 Å². The topological polar surface area (TPSA) is 65.4 Å². The highest BCUT2D eigenvalue weighted by Gasteiger charge is 2.35. The Hall–Kier alpha value is -2.50. The van der Waals surface area contributed by atoms with Crippen molar-refractivity contribution in [2.45, 2.75) is 58.7 Å². The summed E-state index contributed by atoms with van der Waals surface area (Å²) in [6.07, 6.45) is 3.50. The predicted octanol–water partition coefficient (Wildman–Crippen LogP) is 3.64. The average molecular weight is 357 g/mol. The van der Waals surface area contributed by atoms with Gasteiger partial charge in [-0.2, -0.15) is 5.10 Å². The summed E-state index contributed by atoms with van der Waals surface area (Å²) < 4.78 is 13.2. The molecule has 2 aromatic rings. The molecule has 0 unspecified atom stereocenters. The van der Waals surface area contributed by atoms with Crippen LogP contribution in [0.1, 0.15) is 61.3 Å². The van der Waals surface area contributed by atoms with Gasteiger partial charge in [0, 0.05) is 30.8 Å². The van der Waals surface area contributed by atoms with Crippen molar-refractivity contribution < 1.29 is 14.3 Å². The van der Waals surface area contributed by atoms with E-state index in [0.29, 0.717) is 12.0 Å². The zero-order valence-electron chi connectivity index (χ0n) is 16.1. The number of aromatic nitrogens is 2. The molecule has 1 N–H and O–H groups in total. The molecule has 0 saturated carbocycles.